The van der Waals surface area contributed by atoms with Crippen LogP contribution in [-0.4, -0.2) is 41.7 Å². The quantitative estimate of drug-likeness (QED) is 0.879. The van der Waals surface area contributed by atoms with Gasteiger partial charge in [-0.2, -0.15) is 0 Å². The summed E-state index contributed by atoms with van der Waals surface area (Å²) in [5, 5.41) is 3.25. The third-order valence-electron chi connectivity index (χ3n) is 6.08. The minimum Gasteiger partial charge on any atom is -0.378 e. The van der Waals surface area contributed by atoms with Gasteiger partial charge in [-0.3, -0.25) is 4.79 Å². The van der Waals surface area contributed by atoms with Crippen molar-refractivity contribution in [2.75, 3.05) is 24.6 Å². The zero-order valence-electron chi connectivity index (χ0n) is 16.7. The number of hydrogen-bond acceptors (Lipinski definition) is 5. The van der Waals surface area contributed by atoms with Crippen LogP contribution in [0.4, 0.5) is 5.95 Å². The minimum absolute atomic E-state index is 0.00697. The zero-order valence-corrected chi connectivity index (χ0v) is 16.7. The topological polar surface area (TPSA) is 67.4 Å². The summed E-state index contributed by atoms with van der Waals surface area (Å²) in [7, 11) is 0. The summed E-state index contributed by atoms with van der Waals surface area (Å²) in [6.45, 7) is 7.39. The fraction of sp³-hybridized carbons (Fsp3) is 0.762. The van der Waals surface area contributed by atoms with E-state index in [1.54, 1.807) is 0 Å². The molecule has 1 aromatic heterocycles. The van der Waals surface area contributed by atoms with Crippen molar-refractivity contribution >= 4 is 11.9 Å². The Labute approximate surface area is 162 Å². The summed E-state index contributed by atoms with van der Waals surface area (Å²) >= 11 is 0. The molecule has 3 heterocycles. The van der Waals surface area contributed by atoms with Gasteiger partial charge in [0.15, 0.2) is 0 Å². The number of rotatable bonds is 4. The van der Waals surface area contributed by atoms with Crippen LogP contribution in [0.5, 0.6) is 0 Å². The molecule has 0 saturated carbocycles. The zero-order chi connectivity index (χ0) is 18.9. The normalized spacial score (nSPS) is 27.3. The van der Waals surface area contributed by atoms with E-state index in [1.165, 1.54) is 12.8 Å². The summed E-state index contributed by atoms with van der Waals surface area (Å²) < 4.78 is 5.73. The number of carbonyl (C=O) groups excluding carboxylic acids is 1. The molecule has 3 aliphatic rings. The maximum atomic E-state index is 12.6. The predicted octanol–water partition coefficient (Wildman–Crippen LogP) is 3.17. The lowest BCUT2D eigenvalue weighted by atomic mass is 9.74. The van der Waals surface area contributed by atoms with E-state index in [0.29, 0.717) is 6.42 Å². The molecule has 1 aromatic rings. The Morgan fingerprint density at radius 3 is 2.85 bits per heavy atom. The van der Waals surface area contributed by atoms with Crippen molar-refractivity contribution in [1.82, 2.24) is 15.3 Å². The number of fused-ring (bicyclic) bond motifs is 1. The Balaban J connectivity index is 1.48. The first-order chi connectivity index (χ1) is 13.0. The molecule has 0 unspecified atom stereocenters. The van der Waals surface area contributed by atoms with Gasteiger partial charge in [0.1, 0.15) is 0 Å². The molecular weight excluding hydrogens is 340 g/mol. The van der Waals surface area contributed by atoms with Crippen LogP contribution in [0.15, 0.2) is 6.20 Å². The summed E-state index contributed by atoms with van der Waals surface area (Å²) in [5.41, 5.74) is 2.31. The lowest BCUT2D eigenvalue weighted by molar-refractivity contribution is -0.125. The number of anilines is 1. The van der Waals surface area contributed by atoms with Crippen LogP contribution < -0.4 is 10.2 Å². The molecule has 0 spiro atoms. The molecule has 0 bridgehead atoms. The summed E-state index contributed by atoms with van der Waals surface area (Å²) in [4.78, 5) is 24.4. The van der Waals surface area contributed by atoms with Gasteiger partial charge < -0.3 is 15.0 Å². The van der Waals surface area contributed by atoms with Gasteiger partial charge in [0.05, 0.1) is 24.3 Å². The van der Waals surface area contributed by atoms with Gasteiger partial charge in [0.25, 0.3) is 0 Å². The molecule has 4 rings (SSSR count). The van der Waals surface area contributed by atoms with Gasteiger partial charge in [0, 0.05) is 31.5 Å². The highest BCUT2D eigenvalue weighted by Crippen LogP contribution is 2.40. The van der Waals surface area contributed by atoms with E-state index in [4.69, 9.17) is 9.72 Å². The Hall–Kier alpha value is -1.69. The van der Waals surface area contributed by atoms with E-state index in [1.807, 2.05) is 6.20 Å². The molecule has 6 nitrogen and oxygen atoms in total. The molecule has 0 radical (unpaired) electrons. The van der Waals surface area contributed by atoms with Crippen LogP contribution in [0.1, 0.15) is 76.1 Å². The van der Waals surface area contributed by atoms with Crippen LogP contribution in [-0.2, 0) is 16.0 Å². The molecule has 1 N–H and O–H groups in total. The predicted molar refractivity (Wildman–Crippen MR) is 105 cm³/mol. The average Bonchev–Trinajstić information content (AvgIpc) is 3.15. The fourth-order valence-corrected chi connectivity index (χ4v) is 4.66. The number of ether oxygens (including phenoxy) is 1. The lowest BCUT2D eigenvalue weighted by Crippen LogP contribution is -2.39. The molecule has 27 heavy (non-hydrogen) atoms. The Kier molecular flexibility index (Phi) is 5.35. The molecular formula is C21H32N4O2. The second kappa shape index (κ2) is 7.74. The largest absolute Gasteiger partial charge is 0.378 e. The molecule has 2 fully saturated rings. The van der Waals surface area contributed by atoms with Crippen molar-refractivity contribution in [3.05, 3.63) is 17.5 Å². The van der Waals surface area contributed by atoms with Crippen LogP contribution in [0.2, 0.25) is 0 Å². The van der Waals surface area contributed by atoms with Crippen molar-refractivity contribution in [3.8, 4) is 0 Å². The second-order valence-corrected chi connectivity index (χ2v) is 9.12. The van der Waals surface area contributed by atoms with E-state index in [9.17, 15) is 4.79 Å². The van der Waals surface area contributed by atoms with Gasteiger partial charge in [0.2, 0.25) is 11.9 Å². The third-order valence-corrected chi connectivity index (χ3v) is 6.08. The molecule has 2 atom stereocenters. The van der Waals surface area contributed by atoms with Crippen LogP contribution in [0.25, 0.3) is 0 Å². The monoisotopic (exact) mass is 372 g/mol. The maximum Gasteiger partial charge on any atom is 0.225 e. The highest BCUT2D eigenvalue weighted by molar-refractivity contribution is 5.77. The van der Waals surface area contributed by atoms with Gasteiger partial charge >= 0.3 is 0 Å². The van der Waals surface area contributed by atoms with E-state index in [2.05, 4.69) is 29.0 Å². The standard InChI is InChI=1S/C21H32N4O2/c1-21(2)12-17(23-19(26)11-15-7-3-6-10-27-15)16-14-22-20(24-18(16)13-21)25-8-4-5-9-25/h14-15,17H,3-13H2,1-2H3,(H,23,26)/t15-,17-/m1/s1. The third kappa shape index (κ3) is 4.42. The number of carbonyl (C=O) groups is 1. The van der Waals surface area contributed by atoms with Gasteiger partial charge in [-0.1, -0.05) is 13.8 Å². The first-order valence-corrected chi connectivity index (χ1v) is 10.5. The second-order valence-electron chi connectivity index (χ2n) is 9.12. The molecule has 6 heteroatoms. The van der Waals surface area contributed by atoms with Crippen molar-refractivity contribution < 1.29 is 9.53 Å². The minimum atomic E-state index is -0.00697. The average molecular weight is 373 g/mol. The number of nitrogens with zero attached hydrogens (tertiary/aromatic N) is 3. The van der Waals surface area contributed by atoms with Crippen LogP contribution in [0.3, 0.4) is 0 Å². The van der Waals surface area contributed by atoms with Crippen molar-refractivity contribution in [3.63, 3.8) is 0 Å². The maximum absolute atomic E-state index is 12.6. The molecule has 0 aromatic carbocycles. The first kappa shape index (κ1) is 18.7. The number of hydrogen-bond donors (Lipinski definition) is 1. The van der Waals surface area contributed by atoms with Gasteiger partial charge in [-0.25, -0.2) is 9.97 Å². The smallest absolute Gasteiger partial charge is 0.225 e. The van der Waals surface area contributed by atoms with Gasteiger partial charge in [-0.15, -0.1) is 0 Å². The fourth-order valence-electron chi connectivity index (χ4n) is 4.66. The number of nitrogens with one attached hydrogen (secondary N) is 1. The van der Waals surface area contributed by atoms with Crippen LogP contribution >= 0.6 is 0 Å². The lowest BCUT2D eigenvalue weighted by Gasteiger charge is -2.37. The molecule has 2 aliphatic heterocycles. The molecule has 2 saturated heterocycles. The molecule has 1 aliphatic carbocycles. The highest BCUT2D eigenvalue weighted by atomic mass is 16.5. The SMILES string of the molecule is CC1(C)Cc2nc(N3CCCC3)ncc2[C@H](NC(=O)C[C@H]2CCCCO2)C1. The number of amides is 1. The summed E-state index contributed by atoms with van der Waals surface area (Å²) in [5.74, 6) is 0.934. The van der Waals surface area contributed by atoms with Crippen molar-refractivity contribution in [1.29, 1.82) is 0 Å². The summed E-state index contributed by atoms with van der Waals surface area (Å²) in [6.07, 6.45) is 10.0. The van der Waals surface area contributed by atoms with E-state index < -0.39 is 0 Å². The highest BCUT2D eigenvalue weighted by Gasteiger charge is 2.35. The van der Waals surface area contributed by atoms with E-state index in [0.717, 1.165) is 69.0 Å². The van der Waals surface area contributed by atoms with Crippen LogP contribution in [0, 0.1) is 5.41 Å². The van der Waals surface area contributed by atoms with E-state index in [-0.39, 0.29) is 23.5 Å². The van der Waals surface area contributed by atoms with E-state index >= 15 is 0 Å². The Bertz CT molecular complexity index is 679. The molecule has 1 amide bonds. The summed E-state index contributed by atoms with van der Waals surface area (Å²) in [6, 6.07) is -0.00697. The van der Waals surface area contributed by atoms with Crippen molar-refractivity contribution in [2.45, 2.75) is 77.4 Å². The Morgan fingerprint density at radius 2 is 2.11 bits per heavy atom. The first-order valence-electron chi connectivity index (χ1n) is 10.5. The van der Waals surface area contributed by atoms with Gasteiger partial charge in [-0.05, 0) is 50.4 Å². The van der Waals surface area contributed by atoms with Crippen molar-refractivity contribution in [2.24, 2.45) is 5.41 Å². The molecule has 148 valence electrons. The number of aromatic nitrogens is 2. The Morgan fingerprint density at radius 1 is 1.30 bits per heavy atom.